The summed E-state index contributed by atoms with van der Waals surface area (Å²) in [4.78, 5) is 53.3. The lowest BCUT2D eigenvalue weighted by Crippen LogP contribution is -2.59. The number of carbonyl (C=O) groups is 4. The van der Waals surface area contributed by atoms with Crippen molar-refractivity contribution in [2.75, 3.05) is 13.1 Å². The number of hydrogen-bond donors (Lipinski definition) is 5. The van der Waals surface area contributed by atoms with E-state index in [-0.39, 0.29) is 18.8 Å². The summed E-state index contributed by atoms with van der Waals surface area (Å²) in [5.41, 5.74) is 17.2. The SMILES string of the molecule is CCCCCCCCCCCCCCCC(=O)N(C(=O)[C@@H](NC(=O)[C@@H](N)CCCCN)C(C)C)[C@@H](CCCCN)C(=O)O. The molecular weight excluding hydrogens is 546 g/mol. The minimum absolute atomic E-state index is 0.0849. The second-order valence-corrected chi connectivity index (χ2v) is 12.4. The Kier molecular flexibility index (Phi) is 25.1. The number of amides is 3. The maximum absolute atomic E-state index is 13.8. The van der Waals surface area contributed by atoms with Crippen molar-refractivity contribution in [1.29, 1.82) is 0 Å². The highest BCUT2D eigenvalue weighted by atomic mass is 16.4. The first-order valence-corrected chi connectivity index (χ1v) is 17.2. The molecule has 0 aliphatic carbocycles. The van der Waals surface area contributed by atoms with Crippen LogP contribution in [0, 0.1) is 5.92 Å². The molecule has 0 rings (SSSR count). The third-order valence-electron chi connectivity index (χ3n) is 8.07. The zero-order chi connectivity index (χ0) is 32.5. The van der Waals surface area contributed by atoms with Gasteiger partial charge in [0.1, 0.15) is 12.1 Å². The van der Waals surface area contributed by atoms with Crippen LogP contribution in [-0.2, 0) is 19.2 Å². The van der Waals surface area contributed by atoms with Crippen LogP contribution in [0.1, 0.15) is 149 Å². The van der Waals surface area contributed by atoms with Gasteiger partial charge in [0.15, 0.2) is 0 Å². The fraction of sp³-hybridized carbons (Fsp3) is 0.879. The van der Waals surface area contributed by atoms with Crippen LogP contribution < -0.4 is 22.5 Å². The number of imide groups is 1. The van der Waals surface area contributed by atoms with Crippen LogP contribution in [0.2, 0.25) is 0 Å². The molecule has 43 heavy (non-hydrogen) atoms. The van der Waals surface area contributed by atoms with Gasteiger partial charge in [0.2, 0.25) is 11.8 Å². The number of rotatable bonds is 28. The van der Waals surface area contributed by atoms with Crippen molar-refractivity contribution in [3.05, 3.63) is 0 Å². The summed E-state index contributed by atoms with van der Waals surface area (Å²) in [6, 6.07) is -3.21. The first-order chi connectivity index (χ1) is 20.6. The Morgan fingerprint density at radius 1 is 0.698 bits per heavy atom. The van der Waals surface area contributed by atoms with Gasteiger partial charge in [0, 0.05) is 6.42 Å². The van der Waals surface area contributed by atoms with Crippen molar-refractivity contribution in [1.82, 2.24) is 10.2 Å². The Hall–Kier alpha value is -2.04. The van der Waals surface area contributed by atoms with Crippen molar-refractivity contribution in [2.24, 2.45) is 23.1 Å². The van der Waals surface area contributed by atoms with Crippen LogP contribution in [0.4, 0.5) is 0 Å². The van der Waals surface area contributed by atoms with E-state index in [1.54, 1.807) is 13.8 Å². The monoisotopic (exact) mass is 611 g/mol. The Morgan fingerprint density at radius 2 is 1.16 bits per heavy atom. The molecule has 0 aromatic carbocycles. The standard InChI is InChI=1S/C33H65N5O5/c1-4-5-6-7-8-9-10-11-12-13-14-15-16-23-29(39)38(28(33(42)43)22-18-20-25-35)32(41)30(26(2)3)37-31(40)27(36)21-17-19-24-34/h26-28,30H,4-25,34-36H2,1-3H3,(H,37,40)(H,42,43)/t27-,28-,30-/m0/s1. The number of carboxylic acids is 1. The summed E-state index contributed by atoms with van der Waals surface area (Å²) in [5.74, 6) is -3.32. The van der Waals surface area contributed by atoms with Crippen molar-refractivity contribution < 1.29 is 24.3 Å². The Balaban J connectivity index is 5.17. The van der Waals surface area contributed by atoms with E-state index in [2.05, 4.69) is 12.2 Å². The summed E-state index contributed by atoms with van der Waals surface area (Å²) in [7, 11) is 0. The molecule has 0 aromatic heterocycles. The van der Waals surface area contributed by atoms with Crippen LogP contribution in [0.15, 0.2) is 0 Å². The number of nitrogens with one attached hydrogen (secondary N) is 1. The average Bonchev–Trinajstić information content (AvgIpc) is 2.97. The van der Waals surface area contributed by atoms with Crippen LogP contribution >= 0.6 is 0 Å². The highest BCUT2D eigenvalue weighted by Gasteiger charge is 2.39. The first-order valence-electron chi connectivity index (χ1n) is 17.2. The third kappa shape index (κ3) is 19.1. The Morgan fingerprint density at radius 3 is 1.60 bits per heavy atom. The highest BCUT2D eigenvalue weighted by Crippen LogP contribution is 2.19. The maximum atomic E-state index is 13.8. The molecule has 0 aromatic rings. The lowest BCUT2D eigenvalue weighted by Gasteiger charge is -2.33. The van der Waals surface area contributed by atoms with E-state index in [4.69, 9.17) is 17.2 Å². The number of carbonyl (C=O) groups excluding carboxylic acids is 3. The molecule has 3 amide bonds. The molecule has 3 atom stereocenters. The molecule has 0 fully saturated rings. The molecular formula is C33H65N5O5. The average molecular weight is 612 g/mol. The minimum Gasteiger partial charge on any atom is -0.480 e. The van der Waals surface area contributed by atoms with E-state index in [1.165, 1.54) is 57.8 Å². The molecule has 8 N–H and O–H groups in total. The number of nitrogens with two attached hydrogens (primary N) is 3. The van der Waals surface area contributed by atoms with Crippen molar-refractivity contribution in [2.45, 2.75) is 167 Å². The maximum Gasteiger partial charge on any atom is 0.326 e. The molecule has 252 valence electrons. The van der Waals surface area contributed by atoms with E-state index in [9.17, 15) is 24.3 Å². The fourth-order valence-corrected chi connectivity index (χ4v) is 5.27. The highest BCUT2D eigenvalue weighted by molar-refractivity contribution is 6.02. The molecule has 0 aliphatic heterocycles. The van der Waals surface area contributed by atoms with E-state index in [1.807, 2.05) is 0 Å². The van der Waals surface area contributed by atoms with Crippen molar-refractivity contribution >= 4 is 23.7 Å². The zero-order valence-electron chi connectivity index (χ0n) is 27.6. The van der Waals surface area contributed by atoms with E-state index in [0.717, 1.165) is 30.6 Å². The van der Waals surface area contributed by atoms with Crippen LogP contribution in [-0.4, -0.2) is 64.9 Å². The van der Waals surface area contributed by atoms with Gasteiger partial charge in [-0.2, -0.15) is 0 Å². The van der Waals surface area contributed by atoms with Gasteiger partial charge in [-0.1, -0.05) is 104 Å². The quantitative estimate of drug-likeness (QED) is 0.0766. The zero-order valence-corrected chi connectivity index (χ0v) is 27.6. The fourth-order valence-electron chi connectivity index (χ4n) is 5.27. The predicted molar refractivity (Wildman–Crippen MR) is 174 cm³/mol. The molecule has 10 heteroatoms. The van der Waals surface area contributed by atoms with Crippen LogP contribution in [0.3, 0.4) is 0 Å². The summed E-state index contributed by atoms with van der Waals surface area (Å²) in [5, 5.41) is 12.7. The second-order valence-electron chi connectivity index (χ2n) is 12.4. The summed E-state index contributed by atoms with van der Waals surface area (Å²) in [6.45, 7) is 6.63. The van der Waals surface area contributed by atoms with Gasteiger partial charge in [-0.3, -0.25) is 19.3 Å². The largest absolute Gasteiger partial charge is 0.480 e. The van der Waals surface area contributed by atoms with Crippen molar-refractivity contribution in [3.8, 4) is 0 Å². The third-order valence-corrected chi connectivity index (χ3v) is 8.07. The van der Waals surface area contributed by atoms with Gasteiger partial charge in [-0.15, -0.1) is 0 Å². The lowest BCUT2D eigenvalue weighted by molar-refractivity contribution is -0.160. The molecule has 10 nitrogen and oxygen atoms in total. The second kappa shape index (κ2) is 26.4. The number of nitrogens with zero attached hydrogens (tertiary/aromatic N) is 1. The Labute approximate surface area is 261 Å². The normalized spacial score (nSPS) is 13.5. The predicted octanol–water partition coefficient (Wildman–Crippen LogP) is 5.00. The summed E-state index contributed by atoms with van der Waals surface area (Å²) < 4.78 is 0. The molecule has 0 bridgehead atoms. The number of aliphatic carboxylic acids is 1. The van der Waals surface area contributed by atoms with Gasteiger partial charge in [0.05, 0.1) is 6.04 Å². The Bertz CT molecular complexity index is 764. The lowest BCUT2D eigenvalue weighted by atomic mass is 9.98. The van der Waals surface area contributed by atoms with Gasteiger partial charge < -0.3 is 27.6 Å². The minimum atomic E-state index is -1.31. The van der Waals surface area contributed by atoms with Crippen LogP contribution in [0.5, 0.6) is 0 Å². The molecule has 0 saturated heterocycles. The number of hydrogen-bond acceptors (Lipinski definition) is 7. The van der Waals surface area contributed by atoms with E-state index in [0.29, 0.717) is 45.2 Å². The van der Waals surface area contributed by atoms with E-state index < -0.39 is 41.8 Å². The number of unbranched alkanes of at least 4 members (excludes halogenated alkanes) is 14. The first kappa shape index (κ1) is 41.0. The molecule has 0 heterocycles. The molecule has 0 unspecified atom stereocenters. The molecule has 0 spiro atoms. The van der Waals surface area contributed by atoms with Gasteiger partial charge in [0.25, 0.3) is 5.91 Å². The van der Waals surface area contributed by atoms with Gasteiger partial charge in [-0.25, -0.2) is 4.79 Å². The van der Waals surface area contributed by atoms with Gasteiger partial charge >= 0.3 is 5.97 Å². The summed E-state index contributed by atoms with van der Waals surface area (Å²) in [6.07, 6.45) is 18.2. The molecule has 0 radical (unpaired) electrons. The molecule has 0 saturated carbocycles. The molecule has 0 aliphatic rings. The van der Waals surface area contributed by atoms with Crippen LogP contribution in [0.25, 0.3) is 0 Å². The van der Waals surface area contributed by atoms with Gasteiger partial charge in [-0.05, 0) is 57.5 Å². The van der Waals surface area contributed by atoms with E-state index >= 15 is 0 Å². The topological polar surface area (TPSA) is 182 Å². The smallest absolute Gasteiger partial charge is 0.326 e. The summed E-state index contributed by atoms with van der Waals surface area (Å²) >= 11 is 0. The number of carboxylic acid groups (broad SMARTS) is 1. The van der Waals surface area contributed by atoms with Crippen molar-refractivity contribution in [3.63, 3.8) is 0 Å².